The van der Waals surface area contributed by atoms with Gasteiger partial charge in [0.25, 0.3) is 0 Å². The molecule has 0 spiro atoms. The zero-order valence-electron chi connectivity index (χ0n) is 13.2. The van der Waals surface area contributed by atoms with Crippen LogP contribution in [0.5, 0.6) is 5.75 Å². The zero-order chi connectivity index (χ0) is 16.9. The van der Waals surface area contributed by atoms with E-state index < -0.39 is 0 Å². The summed E-state index contributed by atoms with van der Waals surface area (Å²) in [6, 6.07) is 16.4. The standard InChI is InChI=1S/C19H16ClNO3/c1-13-12-15(14-6-2-4-8-17(14)21-13)19(22)24-11-10-23-18-9-5-3-7-16(18)20/h2-9,12H,10-11H2,1H3. The maximum Gasteiger partial charge on any atom is 0.339 e. The molecule has 3 rings (SSSR count). The number of aryl methyl sites for hydroxylation is 1. The molecule has 0 aliphatic rings. The molecule has 1 heterocycles. The van der Waals surface area contributed by atoms with Crippen molar-refractivity contribution in [3.8, 4) is 5.75 Å². The molecule has 122 valence electrons. The average Bonchev–Trinajstić information content (AvgIpc) is 2.59. The van der Waals surface area contributed by atoms with Crippen molar-refractivity contribution < 1.29 is 14.3 Å². The number of para-hydroxylation sites is 2. The fourth-order valence-corrected chi connectivity index (χ4v) is 2.59. The summed E-state index contributed by atoms with van der Waals surface area (Å²) in [5.41, 5.74) is 2.06. The van der Waals surface area contributed by atoms with Crippen molar-refractivity contribution in [2.75, 3.05) is 13.2 Å². The summed E-state index contributed by atoms with van der Waals surface area (Å²) >= 11 is 6.00. The van der Waals surface area contributed by atoms with Crippen LogP contribution in [0.3, 0.4) is 0 Å². The lowest BCUT2D eigenvalue weighted by Gasteiger charge is -2.10. The molecule has 0 saturated heterocycles. The van der Waals surface area contributed by atoms with Crippen LogP contribution in [-0.2, 0) is 4.74 Å². The van der Waals surface area contributed by atoms with Crippen LogP contribution >= 0.6 is 11.6 Å². The molecule has 0 aliphatic heterocycles. The Bertz CT molecular complexity index is 879. The Morgan fingerprint density at radius 3 is 2.67 bits per heavy atom. The van der Waals surface area contributed by atoms with Crippen LogP contribution in [0.2, 0.25) is 5.02 Å². The number of carbonyl (C=O) groups excluding carboxylic acids is 1. The molecule has 0 unspecified atom stereocenters. The first-order chi connectivity index (χ1) is 11.6. The molecule has 5 heteroatoms. The number of hydrogen-bond acceptors (Lipinski definition) is 4. The molecule has 0 bridgehead atoms. The number of rotatable bonds is 5. The number of carbonyl (C=O) groups is 1. The number of halogens is 1. The number of ether oxygens (including phenoxy) is 2. The molecular formula is C19H16ClNO3. The van der Waals surface area contributed by atoms with Crippen molar-refractivity contribution >= 4 is 28.5 Å². The third-order valence-corrected chi connectivity index (χ3v) is 3.79. The molecule has 4 nitrogen and oxygen atoms in total. The van der Waals surface area contributed by atoms with E-state index in [2.05, 4.69) is 4.98 Å². The quantitative estimate of drug-likeness (QED) is 0.508. The van der Waals surface area contributed by atoms with Gasteiger partial charge in [-0.2, -0.15) is 0 Å². The highest BCUT2D eigenvalue weighted by atomic mass is 35.5. The Labute approximate surface area is 145 Å². The zero-order valence-corrected chi connectivity index (χ0v) is 13.9. The van der Waals surface area contributed by atoms with Crippen molar-refractivity contribution in [1.82, 2.24) is 4.98 Å². The summed E-state index contributed by atoms with van der Waals surface area (Å²) in [5, 5.41) is 1.31. The number of aromatic nitrogens is 1. The van der Waals surface area contributed by atoms with E-state index >= 15 is 0 Å². The average molecular weight is 342 g/mol. The van der Waals surface area contributed by atoms with Gasteiger partial charge in [0.05, 0.1) is 16.1 Å². The van der Waals surface area contributed by atoms with Gasteiger partial charge in [0.2, 0.25) is 0 Å². The van der Waals surface area contributed by atoms with Gasteiger partial charge in [-0.05, 0) is 31.2 Å². The molecule has 3 aromatic rings. The lowest BCUT2D eigenvalue weighted by molar-refractivity contribution is 0.0452. The molecular weight excluding hydrogens is 326 g/mol. The van der Waals surface area contributed by atoms with Crippen molar-refractivity contribution in [1.29, 1.82) is 0 Å². The van der Waals surface area contributed by atoms with E-state index in [1.807, 2.05) is 43.3 Å². The van der Waals surface area contributed by atoms with Gasteiger partial charge in [-0.3, -0.25) is 4.98 Å². The Hall–Kier alpha value is -2.59. The summed E-state index contributed by atoms with van der Waals surface area (Å²) < 4.78 is 10.8. The highest BCUT2D eigenvalue weighted by Crippen LogP contribution is 2.23. The molecule has 0 radical (unpaired) electrons. The van der Waals surface area contributed by atoms with E-state index in [4.69, 9.17) is 21.1 Å². The molecule has 0 fully saturated rings. The van der Waals surface area contributed by atoms with Crippen molar-refractivity contribution in [3.63, 3.8) is 0 Å². The van der Waals surface area contributed by atoms with Crippen molar-refractivity contribution in [3.05, 3.63) is 70.9 Å². The van der Waals surface area contributed by atoms with Gasteiger partial charge in [0.1, 0.15) is 19.0 Å². The molecule has 0 amide bonds. The van der Waals surface area contributed by atoms with Gasteiger partial charge in [-0.15, -0.1) is 0 Å². The predicted molar refractivity (Wildman–Crippen MR) is 93.7 cm³/mol. The largest absolute Gasteiger partial charge is 0.488 e. The highest BCUT2D eigenvalue weighted by Gasteiger charge is 2.13. The van der Waals surface area contributed by atoms with E-state index in [1.54, 1.807) is 18.2 Å². The summed E-state index contributed by atoms with van der Waals surface area (Å²) in [4.78, 5) is 16.8. The summed E-state index contributed by atoms with van der Waals surface area (Å²) in [5.74, 6) is 0.180. The van der Waals surface area contributed by atoms with E-state index in [9.17, 15) is 4.79 Å². The third kappa shape index (κ3) is 3.66. The lowest BCUT2D eigenvalue weighted by Crippen LogP contribution is -2.13. The number of nitrogens with zero attached hydrogens (tertiary/aromatic N) is 1. The van der Waals surface area contributed by atoms with E-state index in [-0.39, 0.29) is 19.2 Å². The van der Waals surface area contributed by atoms with E-state index in [1.165, 1.54) is 0 Å². The maximum absolute atomic E-state index is 12.4. The van der Waals surface area contributed by atoms with Crippen LogP contribution in [0, 0.1) is 6.92 Å². The number of pyridine rings is 1. The monoisotopic (exact) mass is 341 g/mol. The van der Waals surface area contributed by atoms with Crippen LogP contribution < -0.4 is 4.74 Å². The van der Waals surface area contributed by atoms with Crippen molar-refractivity contribution in [2.45, 2.75) is 6.92 Å². The maximum atomic E-state index is 12.4. The second-order valence-electron chi connectivity index (χ2n) is 5.24. The number of hydrogen-bond donors (Lipinski definition) is 0. The number of fused-ring (bicyclic) bond motifs is 1. The highest BCUT2D eigenvalue weighted by molar-refractivity contribution is 6.32. The summed E-state index contributed by atoms with van der Waals surface area (Å²) in [6.07, 6.45) is 0. The van der Waals surface area contributed by atoms with E-state index in [0.717, 1.165) is 16.6 Å². The smallest absolute Gasteiger partial charge is 0.339 e. The van der Waals surface area contributed by atoms with Gasteiger partial charge in [-0.1, -0.05) is 41.9 Å². The van der Waals surface area contributed by atoms with Gasteiger partial charge in [-0.25, -0.2) is 4.79 Å². The molecule has 0 atom stereocenters. The van der Waals surface area contributed by atoms with Crippen LogP contribution in [0.15, 0.2) is 54.6 Å². The molecule has 24 heavy (non-hydrogen) atoms. The number of benzene rings is 2. The van der Waals surface area contributed by atoms with Gasteiger partial charge < -0.3 is 9.47 Å². The van der Waals surface area contributed by atoms with Gasteiger partial charge in [0.15, 0.2) is 0 Å². The second-order valence-corrected chi connectivity index (χ2v) is 5.65. The molecule has 0 saturated carbocycles. The lowest BCUT2D eigenvalue weighted by atomic mass is 10.1. The van der Waals surface area contributed by atoms with Crippen LogP contribution in [0.25, 0.3) is 10.9 Å². The Morgan fingerprint density at radius 2 is 1.83 bits per heavy atom. The van der Waals surface area contributed by atoms with Crippen LogP contribution in [0.1, 0.15) is 16.1 Å². The topological polar surface area (TPSA) is 48.4 Å². The van der Waals surface area contributed by atoms with Crippen LogP contribution in [0.4, 0.5) is 0 Å². The van der Waals surface area contributed by atoms with Crippen molar-refractivity contribution in [2.24, 2.45) is 0 Å². The molecule has 0 aliphatic carbocycles. The summed E-state index contributed by atoms with van der Waals surface area (Å²) in [6.45, 7) is 2.22. The Balaban J connectivity index is 1.65. The Kier molecular flexibility index (Phi) is 4.96. The predicted octanol–water partition coefficient (Wildman–Crippen LogP) is 4.43. The first-order valence-corrected chi connectivity index (χ1v) is 7.94. The van der Waals surface area contributed by atoms with Gasteiger partial charge in [0, 0.05) is 11.1 Å². The fourth-order valence-electron chi connectivity index (χ4n) is 2.40. The van der Waals surface area contributed by atoms with E-state index in [0.29, 0.717) is 16.3 Å². The normalized spacial score (nSPS) is 10.6. The van der Waals surface area contributed by atoms with Gasteiger partial charge >= 0.3 is 5.97 Å². The minimum absolute atomic E-state index is 0.139. The minimum Gasteiger partial charge on any atom is -0.488 e. The fraction of sp³-hybridized carbons (Fsp3) is 0.158. The second kappa shape index (κ2) is 7.32. The minimum atomic E-state index is -0.389. The number of esters is 1. The molecule has 0 N–H and O–H groups in total. The first kappa shape index (κ1) is 16.3. The molecule has 1 aromatic heterocycles. The molecule has 2 aromatic carbocycles. The van der Waals surface area contributed by atoms with Crippen LogP contribution in [-0.4, -0.2) is 24.2 Å². The Morgan fingerprint density at radius 1 is 1.08 bits per heavy atom. The summed E-state index contributed by atoms with van der Waals surface area (Å²) in [7, 11) is 0. The third-order valence-electron chi connectivity index (χ3n) is 3.47. The SMILES string of the molecule is Cc1cc(C(=O)OCCOc2ccccc2Cl)c2ccccc2n1. The first-order valence-electron chi connectivity index (χ1n) is 7.56.